The monoisotopic (exact) mass is 500 g/mol. The summed E-state index contributed by atoms with van der Waals surface area (Å²) in [6.45, 7) is 1.99. The van der Waals surface area contributed by atoms with Crippen molar-refractivity contribution in [3.05, 3.63) is 75.9 Å². The van der Waals surface area contributed by atoms with Crippen LogP contribution in [0.2, 0.25) is 0 Å². The maximum absolute atomic E-state index is 13.8. The zero-order valence-corrected chi connectivity index (χ0v) is 20.2. The lowest BCUT2D eigenvalue weighted by atomic mass is 9.95. The highest BCUT2D eigenvalue weighted by Crippen LogP contribution is 2.42. The molecule has 3 aromatic carbocycles. The number of pyridine rings is 1. The number of fused-ring (bicyclic) bond motifs is 4. The summed E-state index contributed by atoms with van der Waals surface area (Å²) in [5.74, 6) is 2.53. The fraction of sp³-hybridized carbons (Fsp3) is 0.179. The Kier molecular flexibility index (Phi) is 4.95. The van der Waals surface area contributed by atoms with Gasteiger partial charge in [-0.2, -0.15) is 8.42 Å². The molecule has 6 rings (SSSR count). The molecule has 1 fully saturated rings. The van der Waals surface area contributed by atoms with Gasteiger partial charge in [-0.25, -0.2) is 0 Å². The first-order chi connectivity index (χ1) is 17.3. The second-order valence-electron chi connectivity index (χ2n) is 9.07. The lowest BCUT2D eigenvalue weighted by Gasteiger charge is -2.16. The number of nitrogens with one attached hydrogen (secondary N) is 1. The molecule has 0 atom stereocenters. The Balaban J connectivity index is 1.68. The van der Waals surface area contributed by atoms with Crippen molar-refractivity contribution >= 4 is 43.3 Å². The van der Waals surface area contributed by atoms with Crippen molar-refractivity contribution < 1.29 is 16.5 Å². The van der Waals surface area contributed by atoms with Crippen molar-refractivity contribution in [2.45, 2.75) is 32.2 Å². The molecule has 0 saturated heterocycles. The van der Waals surface area contributed by atoms with E-state index in [4.69, 9.17) is 6.42 Å². The molecule has 36 heavy (non-hydrogen) atoms. The van der Waals surface area contributed by atoms with Crippen LogP contribution in [0.4, 0.5) is 3.89 Å². The summed E-state index contributed by atoms with van der Waals surface area (Å²) in [6, 6.07) is 16.0. The minimum absolute atomic E-state index is 0.0570. The molecule has 0 spiro atoms. The predicted octanol–water partition coefficient (Wildman–Crippen LogP) is 5.77. The third-order valence-electron chi connectivity index (χ3n) is 6.77. The number of hydrogen-bond donors (Lipinski definition) is 1. The predicted molar refractivity (Wildman–Crippen MR) is 139 cm³/mol. The zero-order valence-electron chi connectivity index (χ0n) is 19.3. The summed E-state index contributed by atoms with van der Waals surface area (Å²) in [4.78, 5) is 17.3. The summed E-state index contributed by atoms with van der Waals surface area (Å²) in [5.41, 5.74) is 5.44. The molecular weight excluding hydrogens is 479 g/mol. The maximum Gasteiger partial charge on any atom is 0.488 e. The highest BCUT2D eigenvalue weighted by molar-refractivity contribution is 7.81. The molecule has 6 nitrogen and oxygen atoms in total. The lowest BCUT2D eigenvalue weighted by Crippen LogP contribution is -2.11. The Hall–Kier alpha value is -4.09. The Labute approximate surface area is 206 Å². The molecule has 1 aliphatic rings. The fourth-order valence-corrected chi connectivity index (χ4v) is 5.39. The number of benzene rings is 3. The fourth-order valence-electron chi connectivity index (χ4n) is 5.06. The quantitative estimate of drug-likeness (QED) is 0.245. The van der Waals surface area contributed by atoms with Crippen molar-refractivity contribution in [1.82, 2.24) is 9.55 Å². The van der Waals surface area contributed by atoms with E-state index in [2.05, 4.69) is 19.7 Å². The number of terminal acetylenes is 1. The van der Waals surface area contributed by atoms with Crippen molar-refractivity contribution in [2.75, 3.05) is 0 Å². The minimum Gasteiger partial charge on any atom is -0.358 e. The summed E-state index contributed by atoms with van der Waals surface area (Å²) in [5, 5.41) is 2.10. The summed E-state index contributed by atoms with van der Waals surface area (Å²) in [6.07, 6.45) is 8.23. The van der Waals surface area contributed by atoms with E-state index in [1.165, 1.54) is 12.1 Å². The van der Waals surface area contributed by atoms with Gasteiger partial charge >= 0.3 is 10.5 Å². The molecule has 180 valence electrons. The number of H-pyrrole nitrogens is 1. The number of rotatable bonds is 5. The number of aromatic nitrogens is 2. The van der Waals surface area contributed by atoms with Crippen LogP contribution in [0.25, 0.3) is 44.0 Å². The van der Waals surface area contributed by atoms with E-state index in [-0.39, 0.29) is 17.2 Å². The van der Waals surface area contributed by atoms with Gasteiger partial charge < -0.3 is 13.7 Å². The third kappa shape index (κ3) is 3.64. The Bertz CT molecular complexity index is 1930. The van der Waals surface area contributed by atoms with Crippen molar-refractivity contribution in [1.29, 1.82) is 0 Å². The van der Waals surface area contributed by atoms with Crippen LogP contribution in [0.3, 0.4) is 0 Å². The van der Waals surface area contributed by atoms with Gasteiger partial charge in [0, 0.05) is 27.9 Å². The molecular formula is C28H21FN2O4S. The van der Waals surface area contributed by atoms with Gasteiger partial charge in [0.05, 0.1) is 10.9 Å². The van der Waals surface area contributed by atoms with Gasteiger partial charge in [0.1, 0.15) is 11.4 Å². The summed E-state index contributed by atoms with van der Waals surface area (Å²) < 4.78 is 41.8. The standard InChI is InChI=1S/C28H21FN2O4S/c1-3-16-8-11-21-24(12-16)30-28-26(21)27(32)23-14-17(4-2)22(15-25(23)31(28)19-9-10-19)18-6-5-7-20(13-18)35-36(29,33)34/h1,5-8,11-15,19,30H,4,9-10H2,2H3. The van der Waals surface area contributed by atoms with E-state index < -0.39 is 10.5 Å². The van der Waals surface area contributed by atoms with E-state index in [1.54, 1.807) is 12.1 Å². The van der Waals surface area contributed by atoms with Gasteiger partial charge in [-0.15, -0.1) is 6.42 Å². The number of aromatic amines is 1. The Morgan fingerprint density at radius 1 is 1.14 bits per heavy atom. The highest BCUT2D eigenvalue weighted by Gasteiger charge is 2.29. The van der Waals surface area contributed by atoms with E-state index in [0.717, 1.165) is 51.6 Å². The first kappa shape index (κ1) is 22.4. The van der Waals surface area contributed by atoms with Gasteiger partial charge in [0.25, 0.3) is 0 Å². The molecule has 0 radical (unpaired) electrons. The molecule has 2 aromatic heterocycles. The van der Waals surface area contributed by atoms with Gasteiger partial charge in [-0.1, -0.05) is 34.9 Å². The topological polar surface area (TPSA) is 81.2 Å². The van der Waals surface area contributed by atoms with Crippen LogP contribution in [0, 0.1) is 12.3 Å². The molecule has 0 aliphatic heterocycles. The van der Waals surface area contributed by atoms with Crippen LogP contribution in [0.15, 0.2) is 59.4 Å². The average molecular weight is 501 g/mol. The number of nitrogens with zero attached hydrogens (tertiary/aromatic N) is 1. The minimum atomic E-state index is -5.15. The van der Waals surface area contributed by atoms with E-state index >= 15 is 0 Å². The van der Waals surface area contributed by atoms with Crippen molar-refractivity contribution in [3.63, 3.8) is 0 Å². The van der Waals surface area contributed by atoms with Gasteiger partial charge in [-0.05, 0) is 72.4 Å². The molecule has 1 saturated carbocycles. The van der Waals surface area contributed by atoms with Crippen LogP contribution in [0.1, 0.15) is 36.9 Å². The first-order valence-electron chi connectivity index (χ1n) is 11.6. The van der Waals surface area contributed by atoms with Crippen molar-refractivity contribution in [2.24, 2.45) is 0 Å². The molecule has 5 aromatic rings. The van der Waals surface area contributed by atoms with Crippen LogP contribution < -0.4 is 9.61 Å². The van der Waals surface area contributed by atoms with Gasteiger partial charge in [0.2, 0.25) is 0 Å². The maximum atomic E-state index is 13.8. The third-order valence-corrected chi connectivity index (χ3v) is 7.16. The highest BCUT2D eigenvalue weighted by atomic mass is 32.3. The second kappa shape index (κ2) is 7.97. The molecule has 0 amide bonds. The van der Waals surface area contributed by atoms with Gasteiger partial charge in [-0.3, -0.25) is 4.79 Å². The Morgan fingerprint density at radius 3 is 2.64 bits per heavy atom. The average Bonchev–Trinajstić information content (AvgIpc) is 3.61. The van der Waals surface area contributed by atoms with E-state index in [1.807, 2.05) is 37.3 Å². The van der Waals surface area contributed by atoms with Crippen LogP contribution in [0.5, 0.6) is 5.75 Å². The normalized spacial score (nSPS) is 13.9. The van der Waals surface area contributed by atoms with E-state index in [0.29, 0.717) is 22.8 Å². The van der Waals surface area contributed by atoms with Crippen LogP contribution in [-0.4, -0.2) is 18.0 Å². The molecule has 2 heterocycles. The lowest BCUT2D eigenvalue weighted by molar-refractivity contribution is 0.440. The summed E-state index contributed by atoms with van der Waals surface area (Å²) in [7, 11) is -5.15. The van der Waals surface area contributed by atoms with Gasteiger partial charge in [0.15, 0.2) is 5.43 Å². The number of aryl methyl sites for hydroxylation is 1. The number of halogens is 1. The largest absolute Gasteiger partial charge is 0.488 e. The van der Waals surface area contributed by atoms with Crippen molar-refractivity contribution in [3.8, 4) is 29.2 Å². The smallest absolute Gasteiger partial charge is 0.358 e. The van der Waals surface area contributed by atoms with E-state index in [9.17, 15) is 17.1 Å². The molecule has 8 heteroatoms. The first-order valence-corrected chi connectivity index (χ1v) is 13.0. The van der Waals surface area contributed by atoms with Crippen LogP contribution in [-0.2, 0) is 16.9 Å². The molecule has 1 aliphatic carbocycles. The summed E-state index contributed by atoms with van der Waals surface area (Å²) >= 11 is 0. The number of hydrogen-bond acceptors (Lipinski definition) is 4. The molecule has 0 bridgehead atoms. The molecule has 0 unspecified atom stereocenters. The zero-order chi connectivity index (χ0) is 25.2. The van der Waals surface area contributed by atoms with Crippen LogP contribution >= 0.6 is 0 Å². The molecule has 1 N–H and O–H groups in total. The SMILES string of the molecule is C#Cc1ccc2c(c1)[nH]c1c2c(=O)c2cc(CC)c(-c3cccc(OS(=O)(=O)F)c3)cc2n1C1CC1. The second-order valence-corrected chi connectivity index (χ2v) is 10.0. The Morgan fingerprint density at radius 2 is 1.94 bits per heavy atom.